The summed E-state index contributed by atoms with van der Waals surface area (Å²) in [7, 11) is 0. The van der Waals surface area contributed by atoms with Gasteiger partial charge in [0.2, 0.25) is 0 Å². The molecule has 152 valence electrons. The van der Waals surface area contributed by atoms with Gasteiger partial charge in [-0.2, -0.15) is 0 Å². The Morgan fingerprint density at radius 3 is 2.03 bits per heavy atom. The molecule has 0 saturated heterocycles. The second kappa shape index (κ2) is 5.60. The third-order valence-electron chi connectivity index (χ3n) is 6.60. The number of fused-ring (bicyclic) bond motifs is 6. The number of hydrogen-bond donors (Lipinski definition) is 2. The normalized spacial score (nSPS) is 25.8. The molecule has 3 aliphatic rings. The number of phenols is 1. The van der Waals surface area contributed by atoms with Crippen LogP contribution in [0, 0.1) is 5.92 Å². The molecule has 0 bridgehead atoms. The van der Waals surface area contributed by atoms with Crippen LogP contribution in [0.5, 0.6) is 11.5 Å². The number of Topliss-reactive ketones (excluding diaryl/α,β-unsaturated/α-hetero) is 3. The fraction of sp³-hybridized carbons (Fsp3) is 0.125. The molecular weight excluding hydrogens is 420 g/mol. The number of ether oxygens (including phenoxy) is 1. The zero-order chi connectivity index (χ0) is 21.7. The number of benzene rings is 3. The molecule has 3 aromatic carbocycles. The Morgan fingerprint density at radius 2 is 1.39 bits per heavy atom. The number of aromatic hydroxyl groups is 1. The van der Waals surface area contributed by atoms with Crippen LogP contribution >= 0.6 is 11.6 Å². The number of rotatable bonds is 1. The van der Waals surface area contributed by atoms with Gasteiger partial charge in [0.1, 0.15) is 22.1 Å². The smallest absolute Gasteiger partial charge is 0.254 e. The van der Waals surface area contributed by atoms with E-state index in [0.29, 0.717) is 0 Å². The van der Waals surface area contributed by atoms with E-state index in [0.717, 1.165) is 0 Å². The van der Waals surface area contributed by atoms with Crippen molar-refractivity contribution in [1.29, 1.82) is 0 Å². The Hall–Kier alpha value is -3.48. The molecule has 2 atom stereocenters. The lowest BCUT2D eigenvalue weighted by Gasteiger charge is -2.36. The van der Waals surface area contributed by atoms with Crippen molar-refractivity contribution in [3.8, 4) is 11.5 Å². The van der Waals surface area contributed by atoms with E-state index in [1.165, 1.54) is 36.4 Å². The van der Waals surface area contributed by atoms with E-state index in [4.69, 9.17) is 16.3 Å². The molecule has 3 aromatic rings. The quantitative estimate of drug-likeness (QED) is 0.571. The first-order chi connectivity index (χ1) is 14.8. The fourth-order valence-corrected chi connectivity index (χ4v) is 5.52. The van der Waals surface area contributed by atoms with Crippen molar-refractivity contribution < 1.29 is 29.3 Å². The maximum Gasteiger partial charge on any atom is 0.254 e. The summed E-state index contributed by atoms with van der Waals surface area (Å²) in [6, 6.07) is 15.3. The molecule has 0 amide bonds. The molecule has 0 fully saturated rings. The van der Waals surface area contributed by atoms with Gasteiger partial charge in [0.25, 0.3) is 5.79 Å². The molecule has 0 unspecified atom stereocenters. The number of ketones is 3. The van der Waals surface area contributed by atoms with Crippen molar-refractivity contribution in [3.05, 3.63) is 93.5 Å². The number of hydrogen-bond acceptors (Lipinski definition) is 6. The molecule has 2 aliphatic carbocycles. The average Bonchev–Trinajstić information content (AvgIpc) is 3.27. The van der Waals surface area contributed by atoms with Crippen LogP contribution < -0.4 is 4.74 Å². The van der Waals surface area contributed by atoms with Crippen LogP contribution in [-0.4, -0.2) is 27.6 Å². The summed E-state index contributed by atoms with van der Waals surface area (Å²) in [5.74, 6) is -6.07. The molecule has 1 heterocycles. The number of aliphatic hydroxyl groups is 1. The minimum absolute atomic E-state index is 0.0958. The van der Waals surface area contributed by atoms with Crippen LogP contribution in [-0.2, 0) is 11.2 Å². The van der Waals surface area contributed by atoms with Crippen molar-refractivity contribution in [1.82, 2.24) is 0 Å². The molecule has 7 heteroatoms. The first-order valence-electron chi connectivity index (χ1n) is 9.59. The van der Waals surface area contributed by atoms with Gasteiger partial charge in [-0.15, -0.1) is 0 Å². The Morgan fingerprint density at radius 1 is 0.806 bits per heavy atom. The van der Waals surface area contributed by atoms with Gasteiger partial charge in [-0.25, -0.2) is 0 Å². The van der Waals surface area contributed by atoms with Crippen molar-refractivity contribution >= 4 is 29.0 Å². The van der Waals surface area contributed by atoms with Gasteiger partial charge in [-0.3, -0.25) is 14.4 Å². The Kier molecular flexibility index (Phi) is 3.31. The molecule has 0 spiro atoms. The van der Waals surface area contributed by atoms with E-state index < -0.39 is 34.5 Å². The molecule has 0 radical (unpaired) electrons. The SMILES string of the molecule is O=C1c2ccccc2C(=O)C1[C@]12C(=O)c3ccccc3[C@@]1(O)Oc1c2ccc(O)c1Cl. The number of halogens is 1. The van der Waals surface area contributed by atoms with Gasteiger partial charge in [-0.05, 0) is 6.07 Å². The lowest BCUT2D eigenvalue weighted by molar-refractivity contribution is -0.169. The number of phenolic OH excluding ortho intramolecular Hbond substituents is 1. The maximum absolute atomic E-state index is 13.9. The third-order valence-corrected chi connectivity index (χ3v) is 6.96. The highest BCUT2D eigenvalue weighted by atomic mass is 35.5. The van der Waals surface area contributed by atoms with Gasteiger partial charge in [0.05, 0.1) is 0 Å². The summed E-state index contributed by atoms with van der Waals surface area (Å²) >= 11 is 6.25. The highest BCUT2D eigenvalue weighted by Gasteiger charge is 2.77. The average molecular weight is 433 g/mol. The van der Waals surface area contributed by atoms with Crippen LogP contribution in [0.4, 0.5) is 0 Å². The molecule has 0 aromatic heterocycles. The van der Waals surface area contributed by atoms with E-state index in [-0.39, 0.29) is 44.3 Å². The predicted octanol–water partition coefficient (Wildman–Crippen LogP) is 3.41. The molecular formula is C24H13ClO6. The van der Waals surface area contributed by atoms with E-state index in [1.54, 1.807) is 24.3 Å². The second-order valence-electron chi connectivity index (χ2n) is 7.91. The molecule has 31 heavy (non-hydrogen) atoms. The topological polar surface area (TPSA) is 101 Å². The molecule has 0 saturated carbocycles. The minimum atomic E-state index is -2.35. The molecule has 6 nitrogen and oxygen atoms in total. The Balaban J connectivity index is 1.73. The summed E-state index contributed by atoms with van der Waals surface area (Å²) in [4.78, 5) is 41.0. The van der Waals surface area contributed by atoms with Crippen LogP contribution in [0.2, 0.25) is 5.02 Å². The zero-order valence-electron chi connectivity index (χ0n) is 15.8. The lowest BCUT2D eigenvalue weighted by Crippen LogP contribution is -2.56. The highest BCUT2D eigenvalue weighted by molar-refractivity contribution is 6.35. The fourth-order valence-electron chi connectivity index (χ4n) is 5.32. The molecule has 1 aliphatic heterocycles. The van der Waals surface area contributed by atoms with Gasteiger partial charge >= 0.3 is 0 Å². The number of carbonyl (C=O) groups excluding carboxylic acids is 3. The summed E-state index contributed by atoms with van der Waals surface area (Å²) in [6.45, 7) is 0. The summed E-state index contributed by atoms with van der Waals surface area (Å²) < 4.78 is 5.88. The number of carbonyl (C=O) groups is 3. The first-order valence-corrected chi connectivity index (χ1v) is 9.97. The Bertz CT molecular complexity index is 1340. The third kappa shape index (κ3) is 1.82. The van der Waals surface area contributed by atoms with Gasteiger partial charge in [0.15, 0.2) is 23.1 Å². The van der Waals surface area contributed by atoms with E-state index >= 15 is 0 Å². The van der Waals surface area contributed by atoms with Crippen molar-refractivity contribution in [2.75, 3.05) is 0 Å². The van der Waals surface area contributed by atoms with Crippen LogP contribution in [0.15, 0.2) is 60.7 Å². The van der Waals surface area contributed by atoms with Crippen LogP contribution in [0.3, 0.4) is 0 Å². The van der Waals surface area contributed by atoms with Crippen LogP contribution in [0.1, 0.15) is 42.2 Å². The monoisotopic (exact) mass is 432 g/mol. The molecule has 2 N–H and O–H groups in total. The van der Waals surface area contributed by atoms with Gasteiger partial charge in [-0.1, -0.05) is 66.2 Å². The van der Waals surface area contributed by atoms with Crippen molar-refractivity contribution in [2.24, 2.45) is 5.92 Å². The van der Waals surface area contributed by atoms with Gasteiger partial charge < -0.3 is 14.9 Å². The van der Waals surface area contributed by atoms with Gasteiger partial charge in [0, 0.05) is 27.8 Å². The van der Waals surface area contributed by atoms with E-state index in [9.17, 15) is 24.6 Å². The highest BCUT2D eigenvalue weighted by Crippen LogP contribution is 2.66. The standard InChI is InChI=1S/C24H13ClO6/c25-18-16(26)10-9-15-21(18)31-24(30)14-8-4-3-7-13(14)22(29)23(15,24)17-19(27)11-5-1-2-6-12(11)20(17)28/h1-10,17,26,30H/t23-,24-/m1/s1. The van der Waals surface area contributed by atoms with E-state index in [1.807, 2.05) is 0 Å². The maximum atomic E-state index is 13.9. The van der Waals surface area contributed by atoms with Crippen molar-refractivity contribution in [2.45, 2.75) is 11.2 Å². The Labute approximate surface area is 180 Å². The minimum Gasteiger partial charge on any atom is -0.506 e. The summed E-state index contributed by atoms with van der Waals surface area (Å²) in [5.41, 5.74) is -1.29. The first kappa shape index (κ1) is 18.3. The lowest BCUT2D eigenvalue weighted by atomic mass is 9.63. The van der Waals surface area contributed by atoms with Crippen LogP contribution in [0.25, 0.3) is 0 Å². The summed E-state index contributed by atoms with van der Waals surface area (Å²) in [5, 5.41) is 21.8. The predicted molar refractivity (Wildman–Crippen MR) is 109 cm³/mol. The van der Waals surface area contributed by atoms with Crippen molar-refractivity contribution in [3.63, 3.8) is 0 Å². The second-order valence-corrected chi connectivity index (χ2v) is 8.29. The molecule has 6 rings (SSSR count). The zero-order valence-corrected chi connectivity index (χ0v) is 16.5. The van der Waals surface area contributed by atoms with E-state index in [2.05, 4.69) is 0 Å². The largest absolute Gasteiger partial charge is 0.506 e. The summed E-state index contributed by atoms with van der Waals surface area (Å²) in [6.07, 6.45) is 0.